The molecular formula is C20H17N3O2S2. The van der Waals surface area contributed by atoms with Gasteiger partial charge in [-0.05, 0) is 30.7 Å². The van der Waals surface area contributed by atoms with Crippen LogP contribution in [0.15, 0.2) is 63.9 Å². The fourth-order valence-corrected chi connectivity index (χ4v) is 4.28. The Bertz CT molecular complexity index is 1080. The first kappa shape index (κ1) is 17.8. The molecule has 136 valence electrons. The number of rotatable bonds is 3. The van der Waals surface area contributed by atoms with Crippen molar-refractivity contribution >= 4 is 40.6 Å². The second-order valence-corrected chi connectivity index (χ2v) is 8.15. The molecule has 0 fully saturated rings. The first-order chi connectivity index (χ1) is 13.1. The number of carbonyl (C=O) groups excluding carboxylic acids is 2. The molecule has 1 aliphatic heterocycles. The maximum atomic E-state index is 12.6. The summed E-state index contributed by atoms with van der Waals surface area (Å²) in [7, 11) is 0. The lowest BCUT2D eigenvalue weighted by Gasteiger charge is -2.16. The molecule has 2 amide bonds. The minimum Gasteiger partial charge on any atom is -0.324 e. The number of thiazole rings is 1. The van der Waals surface area contributed by atoms with Crippen molar-refractivity contribution in [2.45, 2.75) is 18.4 Å². The van der Waals surface area contributed by atoms with Crippen molar-refractivity contribution in [2.75, 3.05) is 11.1 Å². The van der Waals surface area contributed by atoms with Gasteiger partial charge in [0, 0.05) is 28.6 Å². The summed E-state index contributed by atoms with van der Waals surface area (Å²) in [6.45, 7) is 2.72. The fraction of sp³-hybridized carbons (Fsp3) is 0.150. The highest BCUT2D eigenvalue weighted by Crippen LogP contribution is 2.32. The lowest BCUT2D eigenvalue weighted by atomic mass is 10.1. The number of anilines is 1. The molecule has 0 saturated carbocycles. The smallest absolute Gasteiger partial charge is 0.279 e. The zero-order valence-electron chi connectivity index (χ0n) is 14.6. The van der Waals surface area contributed by atoms with E-state index in [9.17, 15) is 9.59 Å². The van der Waals surface area contributed by atoms with E-state index in [0.717, 1.165) is 10.5 Å². The minimum absolute atomic E-state index is 0.0526. The molecule has 5 nitrogen and oxygen atoms in total. The van der Waals surface area contributed by atoms with E-state index < -0.39 is 0 Å². The largest absolute Gasteiger partial charge is 0.324 e. The fourth-order valence-electron chi connectivity index (χ4n) is 2.76. The van der Waals surface area contributed by atoms with Gasteiger partial charge in [0.1, 0.15) is 0 Å². The van der Waals surface area contributed by atoms with E-state index in [-0.39, 0.29) is 11.8 Å². The summed E-state index contributed by atoms with van der Waals surface area (Å²) in [4.78, 5) is 30.1. The number of amides is 2. The maximum Gasteiger partial charge on any atom is 0.279 e. The van der Waals surface area contributed by atoms with Crippen LogP contribution in [-0.4, -0.2) is 22.1 Å². The molecule has 1 N–H and O–H groups in total. The van der Waals surface area contributed by atoms with Crippen LogP contribution in [0.5, 0.6) is 0 Å². The number of fused-ring (bicyclic) bond motifs is 1. The van der Waals surface area contributed by atoms with E-state index in [1.807, 2.05) is 22.2 Å². The Labute approximate surface area is 164 Å². The van der Waals surface area contributed by atoms with Gasteiger partial charge < -0.3 is 9.88 Å². The third kappa shape index (κ3) is 4.04. The van der Waals surface area contributed by atoms with Crippen molar-refractivity contribution in [3.05, 3.63) is 75.5 Å². The van der Waals surface area contributed by atoms with E-state index in [2.05, 4.69) is 41.5 Å². The Morgan fingerprint density at radius 3 is 2.85 bits per heavy atom. The summed E-state index contributed by atoms with van der Waals surface area (Å²) in [6.07, 6.45) is 1.93. The standard InChI is InChI=1S/C20H17N3O2S2/c1-13-2-4-14(5-3-13)11-23-8-9-26-20(23)22-19(25)15-6-7-17-16(10-15)21-18(24)12-27-17/h2-10H,11-12H2,1H3,(H,21,24). The van der Waals surface area contributed by atoms with Crippen molar-refractivity contribution in [1.29, 1.82) is 0 Å². The zero-order chi connectivity index (χ0) is 18.8. The number of benzene rings is 2. The van der Waals surface area contributed by atoms with E-state index in [0.29, 0.717) is 28.3 Å². The predicted molar refractivity (Wildman–Crippen MR) is 108 cm³/mol. The molecule has 0 bridgehead atoms. The van der Waals surface area contributed by atoms with Crippen LogP contribution in [0.4, 0.5) is 5.69 Å². The van der Waals surface area contributed by atoms with Crippen LogP contribution < -0.4 is 10.1 Å². The molecule has 0 aliphatic carbocycles. The number of hydrogen-bond donors (Lipinski definition) is 1. The quantitative estimate of drug-likeness (QED) is 0.736. The Balaban J connectivity index is 1.60. The number of nitrogens with zero attached hydrogens (tertiary/aromatic N) is 2. The van der Waals surface area contributed by atoms with E-state index in [4.69, 9.17) is 0 Å². The molecule has 1 aliphatic rings. The van der Waals surface area contributed by atoms with Gasteiger partial charge in [-0.25, -0.2) is 0 Å². The first-order valence-electron chi connectivity index (χ1n) is 8.44. The lowest BCUT2D eigenvalue weighted by Crippen LogP contribution is -2.19. The maximum absolute atomic E-state index is 12.6. The summed E-state index contributed by atoms with van der Waals surface area (Å²) in [5, 5.41) is 4.73. The van der Waals surface area contributed by atoms with Crippen molar-refractivity contribution in [1.82, 2.24) is 4.57 Å². The number of carbonyl (C=O) groups is 2. The zero-order valence-corrected chi connectivity index (χ0v) is 16.3. The van der Waals surface area contributed by atoms with Gasteiger partial charge in [-0.15, -0.1) is 23.1 Å². The Morgan fingerprint density at radius 1 is 1.22 bits per heavy atom. The van der Waals surface area contributed by atoms with Crippen molar-refractivity contribution < 1.29 is 9.59 Å². The van der Waals surface area contributed by atoms with Crippen LogP contribution >= 0.6 is 23.1 Å². The third-order valence-electron chi connectivity index (χ3n) is 4.19. The molecule has 4 rings (SSSR count). The van der Waals surface area contributed by atoms with Gasteiger partial charge in [0.2, 0.25) is 5.91 Å². The Kier molecular flexibility index (Phi) is 4.96. The Hall–Kier alpha value is -2.64. The van der Waals surface area contributed by atoms with Crippen LogP contribution in [0.25, 0.3) is 0 Å². The van der Waals surface area contributed by atoms with Crippen LogP contribution in [0.3, 0.4) is 0 Å². The average molecular weight is 396 g/mol. The summed E-state index contributed by atoms with van der Waals surface area (Å²) < 4.78 is 1.96. The molecule has 2 heterocycles. The highest BCUT2D eigenvalue weighted by atomic mass is 32.2. The number of nitrogens with one attached hydrogen (secondary N) is 1. The van der Waals surface area contributed by atoms with Crippen molar-refractivity contribution in [3.63, 3.8) is 0 Å². The summed E-state index contributed by atoms with van der Waals surface area (Å²) in [5.41, 5.74) is 3.51. The SMILES string of the molecule is Cc1ccc(Cn2ccsc2=NC(=O)c2ccc3c(c2)NC(=O)CS3)cc1. The lowest BCUT2D eigenvalue weighted by molar-refractivity contribution is -0.113. The molecule has 27 heavy (non-hydrogen) atoms. The molecule has 3 aromatic rings. The van der Waals surface area contributed by atoms with Crippen molar-refractivity contribution in [2.24, 2.45) is 4.99 Å². The predicted octanol–water partition coefficient (Wildman–Crippen LogP) is 3.69. The minimum atomic E-state index is -0.317. The summed E-state index contributed by atoms with van der Waals surface area (Å²) in [6, 6.07) is 13.6. The Morgan fingerprint density at radius 2 is 2.04 bits per heavy atom. The molecule has 0 spiro atoms. The molecule has 0 unspecified atom stereocenters. The first-order valence-corrected chi connectivity index (χ1v) is 10.3. The normalized spacial score (nSPS) is 14.0. The average Bonchev–Trinajstić information content (AvgIpc) is 3.09. The highest BCUT2D eigenvalue weighted by molar-refractivity contribution is 8.00. The van der Waals surface area contributed by atoms with Crippen LogP contribution in [0.1, 0.15) is 21.5 Å². The number of aryl methyl sites for hydroxylation is 1. The molecule has 2 aromatic carbocycles. The van der Waals surface area contributed by atoms with E-state index in [1.165, 1.54) is 28.7 Å². The van der Waals surface area contributed by atoms with Crippen LogP contribution in [0.2, 0.25) is 0 Å². The van der Waals surface area contributed by atoms with Gasteiger partial charge in [0.15, 0.2) is 4.80 Å². The molecular weight excluding hydrogens is 378 g/mol. The molecule has 1 aromatic heterocycles. The van der Waals surface area contributed by atoms with Gasteiger partial charge >= 0.3 is 0 Å². The van der Waals surface area contributed by atoms with E-state index in [1.54, 1.807) is 12.1 Å². The molecule has 7 heteroatoms. The third-order valence-corrected chi connectivity index (χ3v) is 6.06. The number of hydrogen-bond acceptors (Lipinski definition) is 4. The number of aromatic nitrogens is 1. The van der Waals surface area contributed by atoms with Gasteiger partial charge in [-0.2, -0.15) is 4.99 Å². The van der Waals surface area contributed by atoms with E-state index >= 15 is 0 Å². The van der Waals surface area contributed by atoms with Gasteiger partial charge in [0.05, 0.1) is 11.4 Å². The molecule has 0 radical (unpaired) electrons. The monoisotopic (exact) mass is 395 g/mol. The van der Waals surface area contributed by atoms with Crippen LogP contribution in [-0.2, 0) is 11.3 Å². The van der Waals surface area contributed by atoms with Crippen molar-refractivity contribution in [3.8, 4) is 0 Å². The molecule has 0 atom stereocenters. The second-order valence-electron chi connectivity index (χ2n) is 6.26. The highest BCUT2D eigenvalue weighted by Gasteiger charge is 2.17. The van der Waals surface area contributed by atoms with Crippen LogP contribution in [0, 0.1) is 6.92 Å². The van der Waals surface area contributed by atoms with Gasteiger partial charge in [-0.3, -0.25) is 9.59 Å². The summed E-state index contributed by atoms with van der Waals surface area (Å²) >= 11 is 2.90. The second kappa shape index (κ2) is 7.54. The summed E-state index contributed by atoms with van der Waals surface area (Å²) in [5.74, 6) is 0.0322. The van der Waals surface area contributed by atoms with Gasteiger partial charge in [0.25, 0.3) is 5.91 Å². The van der Waals surface area contributed by atoms with Gasteiger partial charge in [-0.1, -0.05) is 29.8 Å². The number of thioether (sulfide) groups is 1. The topological polar surface area (TPSA) is 63.5 Å². The molecule has 0 saturated heterocycles.